The van der Waals surface area contributed by atoms with Gasteiger partial charge in [-0.15, -0.1) is 0 Å². The summed E-state index contributed by atoms with van der Waals surface area (Å²) in [5.41, 5.74) is 1.92. The molecule has 0 saturated carbocycles. The molecular formula is C13H11BrFNO2. The van der Waals surface area contributed by atoms with Crippen LogP contribution in [0.2, 0.25) is 0 Å². The Morgan fingerprint density at radius 2 is 2.17 bits per heavy atom. The van der Waals surface area contributed by atoms with Gasteiger partial charge in [0.1, 0.15) is 5.82 Å². The van der Waals surface area contributed by atoms with Gasteiger partial charge in [-0.05, 0) is 47.0 Å². The zero-order valence-corrected chi connectivity index (χ0v) is 11.5. The largest absolute Gasteiger partial charge is 0.478 e. The minimum atomic E-state index is -1.06. The molecular weight excluding hydrogens is 301 g/mol. The Morgan fingerprint density at radius 1 is 1.50 bits per heavy atom. The molecule has 5 heteroatoms. The van der Waals surface area contributed by atoms with E-state index in [2.05, 4.69) is 20.9 Å². The van der Waals surface area contributed by atoms with Crippen molar-refractivity contribution >= 4 is 32.8 Å². The number of fused-ring (bicyclic) bond motifs is 1. The highest BCUT2D eigenvalue weighted by molar-refractivity contribution is 9.10. The molecule has 0 aliphatic heterocycles. The van der Waals surface area contributed by atoms with Gasteiger partial charge in [0, 0.05) is 15.6 Å². The van der Waals surface area contributed by atoms with Crippen molar-refractivity contribution < 1.29 is 14.3 Å². The van der Waals surface area contributed by atoms with Crippen molar-refractivity contribution in [1.82, 2.24) is 4.98 Å². The molecule has 2 aromatic rings. The fourth-order valence-corrected chi connectivity index (χ4v) is 2.65. The first-order chi connectivity index (χ1) is 8.45. The van der Waals surface area contributed by atoms with Gasteiger partial charge in [0.15, 0.2) is 0 Å². The molecule has 0 saturated heterocycles. The van der Waals surface area contributed by atoms with E-state index in [4.69, 9.17) is 0 Å². The minimum absolute atomic E-state index is 0.139. The third-order valence-electron chi connectivity index (χ3n) is 2.88. The molecule has 1 heterocycles. The fraction of sp³-hybridized carbons (Fsp3) is 0.231. The van der Waals surface area contributed by atoms with Crippen LogP contribution in [0.3, 0.4) is 0 Å². The predicted octanol–water partition coefficient (Wildman–Crippen LogP) is 3.71. The highest BCUT2D eigenvalue weighted by Crippen LogP contribution is 2.30. The third kappa shape index (κ3) is 1.99. The van der Waals surface area contributed by atoms with E-state index in [1.165, 1.54) is 12.1 Å². The van der Waals surface area contributed by atoms with Gasteiger partial charge in [-0.25, -0.2) is 9.18 Å². The number of aromatic nitrogens is 1. The summed E-state index contributed by atoms with van der Waals surface area (Å²) in [5, 5.41) is 9.67. The van der Waals surface area contributed by atoms with Crippen molar-refractivity contribution in [2.45, 2.75) is 20.3 Å². The van der Waals surface area contributed by atoms with Crippen LogP contribution < -0.4 is 0 Å². The second-order valence-corrected chi connectivity index (χ2v) is 4.85. The normalized spacial score (nSPS) is 10.9. The van der Waals surface area contributed by atoms with Crippen molar-refractivity contribution in [2.24, 2.45) is 0 Å². The average molecular weight is 312 g/mol. The smallest absolute Gasteiger partial charge is 0.336 e. The first-order valence-electron chi connectivity index (χ1n) is 5.47. The zero-order valence-electron chi connectivity index (χ0n) is 9.92. The maximum Gasteiger partial charge on any atom is 0.336 e. The lowest BCUT2D eigenvalue weighted by Crippen LogP contribution is -2.07. The monoisotopic (exact) mass is 311 g/mol. The Labute approximate surface area is 112 Å². The molecule has 0 bridgehead atoms. The molecule has 0 aliphatic rings. The van der Waals surface area contributed by atoms with Crippen molar-refractivity contribution in [2.75, 3.05) is 0 Å². The van der Waals surface area contributed by atoms with Gasteiger partial charge in [-0.2, -0.15) is 0 Å². The number of aryl methyl sites for hydroxylation is 1. The van der Waals surface area contributed by atoms with E-state index in [0.29, 0.717) is 33.1 Å². The van der Waals surface area contributed by atoms with Gasteiger partial charge in [-0.3, -0.25) is 4.98 Å². The average Bonchev–Trinajstić information content (AvgIpc) is 2.28. The Hall–Kier alpha value is -1.49. The van der Waals surface area contributed by atoms with Crippen LogP contribution in [-0.4, -0.2) is 16.1 Å². The molecule has 2 rings (SSSR count). The first-order valence-corrected chi connectivity index (χ1v) is 6.26. The number of aromatic carboxylic acids is 1. The number of hydrogen-bond acceptors (Lipinski definition) is 2. The quantitative estimate of drug-likeness (QED) is 0.920. The predicted molar refractivity (Wildman–Crippen MR) is 70.5 cm³/mol. The second-order valence-electron chi connectivity index (χ2n) is 3.99. The van der Waals surface area contributed by atoms with E-state index in [0.717, 1.165) is 0 Å². The van der Waals surface area contributed by atoms with Crippen molar-refractivity contribution in [3.8, 4) is 0 Å². The number of rotatable bonds is 2. The number of benzene rings is 1. The van der Waals surface area contributed by atoms with Gasteiger partial charge >= 0.3 is 5.97 Å². The number of hydrogen-bond donors (Lipinski definition) is 1. The molecule has 0 unspecified atom stereocenters. The van der Waals surface area contributed by atoms with E-state index >= 15 is 0 Å². The third-order valence-corrected chi connectivity index (χ3v) is 3.49. The van der Waals surface area contributed by atoms with Crippen LogP contribution in [0.4, 0.5) is 4.39 Å². The van der Waals surface area contributed by atoms with Gasteiger partial charge in [-0.1, -0.05) is 6.92 Å². The molecule has 1 aromatic heterocycles. The number of carboxylic acids is 1. The Morgan fingerprint density at radius 3 is 2.72 bits per heavy atom. The van der Waals surface area contributed by atoms with Crippen molar-refractivity contribution in [3.05, 3.63) is 39.2 Å². The Bertz CT molecular complexity index is 655. The number of carbonyl (C=O) groups is 1. The summed E-state index contributed by atoms with van der Waals surface area (Å²) in [4.78, 5) is 15.8. The van der Waals surface area contributed by atoms with Crippen LogP contribution >= 0.6 is 15.9 Å². The number of halogens is 2. The molecule has 0 amide bonds. The summed E-state index contributed by atoms with van der Waals surface area (Å²) < 4.78 is 13.9. The molecule has 1 N–H and O–H groups in total. The van der Waals surface area contributed by atoms with E-state index in [-0.39, 0.29) is 5.56 Å². The molecule has 0 radical (unpaired) electrons. The molecule has 0 fully saturated rings. The molecule has 3 nitrogen and oxygen atoms in total. The molecule has 0 spiro atoms. The summed E-state index contributed by atoms with van der Waals surface area (Å²) in [5.74, 6) is -1.54. The summed E-state index contributed by atoms with van der Waals surface area (Å²) in [7, 11) is 0. The van der Waals surface area contributed by atoms with Crippen LogP contribution in [0.15, 0.2) is 16.6 Å². The topological polar surface area (TPSA) is 50.2 Å². The highest BCUT2D eigenvalue weighted by atomic mass is 79.9. The van der Waals surface area contributed by atoms with Crippen LogP contribution in [0.1, 0.15) is 28.5 Å². The summed E-state index contributed by atoms with van der Waals surface area (Å²) in [6.45, 7) is 3.62. The Balaban J connectivity index is 3.01. The van der Waals surface area contributed by atoms with Gasteiger partial charge in [0.05, 0.1) is 11.1 Å². The lowest BCUT2D eigenvalue weighted by Gasteiger charge is -2.12. The SMILES string of the molecule is CCc1c(C)nc2c(Br)cc(F)cc2c1C(=O)O. The summed E-state index contributed by atoms with van der Waals surface area (Å²) in [6, 6.07) is 2.50. The highest BCUT2D eigenvalue weighted by Gasteiger charge is 2.19. The van der Waals surface area contributed by atoms with E-state index in [9.17, 15) is 14.3 Å². The van der Waals surface area contributed by atoms with Crippen LogP contribution in [0.5, 0.6) is 0 Å². The van der Waals surface area contributed by atoms with Crippen LogP contribution in [0, 0.1) is 12.7 Å². The molecule has 94 valence electrons. The fourth-order valence-electron chi connectivity index (χ4n) is 2.13. The lowest BCUT2D eigenvalue weighted by molar-refractivity contribution is 0.0697. The Kier molecular flexibility index (Phi) is 3.34. The first kappa shape index (κ1) is 13.0. The van der Waals surface area contributed by atoms with E-state index in [1.54, 1.807) is 6.92 Å². The molecule has 18 heavy (non-hydrogen) atoms. The van der Waals surface area contributed by atoms with Crippen LogP contribution in [-0.2, 0) is 6.42 Å². The molecule has 0 atom stereocenters. The van der Waals surface area contributed by atoms with Crippen LogP contribution in [0.25, 0.3) is 10.9 Å². The number of nitrogens with zero attached hydrogens (tertiary/aromatic N) is 1. The van der Waals surface area contributed by atoms with Crippen molar-refractivity contribution in [3.63, 3.8) is 0 Å². The maximum absolute atomic E-state index is 13.4. The van der Waals surface area contributed by atoms with E-state index in [1.807, 2.05) is 6.92 Å². The van der Waals surface area contributed by atoms with Gasteiger partial charge in [0.2, 0.25) is 0 Å². The lowest BCUT2D eigenvalue weighted by atomic mass is 9.99. The summed E-state index contributed by atoms with van der Waals surface area (Å²) in [6.07, 6.45) is 0.546. The van der Waals surface area contributed by atoms with E-state index < -0.39 is 11.8 Å². The van der Waals surface area contributed by atoms with Gasteiger partial charge in [0.25, 0.3) is 0 Å². The van der Waals surface area contributed by atoms with Crippen molar-refractivity contribution in [1.29, 1.82) is 0 Å². The molecule has 0 aliphatic carbocycles. The van der Waals surface area contributed by atoms with Gasteiger partial charge < -0.3 is 5.11 Å². The maximum atomic E-state index is 13.4. The standard InChI is InChI=1S/C13H11BrFNO2/c1-3-8-6(2)16-12-9(11(8)13(17)18)4-7(15)5-10(12)14/h4-5H,3H2,1-2H3,(H,17,18). The summed E-state index contributed by atoms with van der Waals surface area (Å²) >= 11 is 3.22. The zero-order chi connectivity index (χ0) is 13.4. The second kappa shape index (κ2) is 4.65. The molecule has 1 aromatic carbocycles. The minimum Gasteiger partial charge on any atom is -0.478 e. The number of pyridine rings is 1. The number of carboxylic acid groups (broad SMARTS) is 1.